The molecule has 1 N–H and O–H groups in total. The molecule has 1 amide bonds. The molecule has 0 saturated heterocycles. The van der Waals surface area contributed by atoms with E-state index in [1.54, 1.807) is 12.1 Å². The van der Waals surface area contributed by atoms with Gasteiger partial charge in [0.15, 0.2) is 0 Å². The van der Waals surface area contributed by atoms with E-state index >= 15 is 0 Å². The highest BCUT2D eigenvalue weighted by atomic mass is 32.1. The predicted molar refractivity (Wildman–Crippen MR) is 76.6 cm³/mol. The molecule has 0 saturated carbocycles. The molecule has 0 aliphatic heterocycles. The molecular weight excluding hydrogens is 294 g/mol. The van der Waals surface area contributed by atoms with Crippen molar-refractivity contribution in [3.05, 3.63) is 50.9 Å². The minimum atomic E-state index is -0.564. The lowest BCUT2D eigenvalue weighted by molar-refractivity contribution is -0.380. The highest BCUT2D eigenvalue weighted by Gasteiger charge is 2.18. The fraction of sp³-hybridized carbons (Fsp3) is 0.0769. The normalized spacial score (nSPS) is 9.71. The second-order valence-corrected chi connectivity index (χ2v) is 4.91. The van der Waals surface area contributed by atoms with Crippen molar-refractivity contribution in [3.63, 3.8) is 0 Å². The van der Waals surface area contributed by atoms with Crippen LogP contribution in [0.3, 0.4) is 0 Å². The van der Waals surface area contributed by atoms with Crippen LogP contribution in [-0.2, 0) is 0 Å². The van der Waals surface area contributed by atoms with Crippen molar-refractivity contribution in [2.45, 2.75) is 0 Å². The molecule has 2 rings (SSSR count). The van der Waals surface area contributed by atoms with Crippen molar-refractivity contribution in [1.82, 2.24) is 0 Å². The fourth-order valence-electron chi connectivity index (χ4n) is 1.65. The molecule has 21 heavy (non-hydrogen) atoms. The van der Waals surface area contributed by atoms with Crippen LogP contribution < -0.4 is 10.1 Å². The fourth-order valence-corrected chi connectivity index (χ4v) is 2.36. The first-order chi connectivity index (χ1) is 10.1. The number of nitrogens with one attached hydrogen (secondary N) is 1. The van der Waals surface area contributed by atoms with Crippen LogP contribution in [0, 0.1) is 21.4 Å². The molecule has 8 heteroatoms. The van der Waals surface area contributed by atoms with Gasteiger partial charge in [-0.1, -0.05) is 17.4 Å². The molecule has 0 unspecified atom stereocenters. The quantitative estimate of drug-likeness (QED) is 0.690. The van der Waals surface area contributed by atoms with E-state index < -0.39 is 10.8 Å². The Balaban J connectivity index is 2.31. The summed E-state index contributed by atoms with van der Waals surface area (Å²) in [5.74, 6) is -0.192. The van der Waals surface area contributed by atoms with E-state index in [-0.39, 0.29) is 21.1 Å². The number of ether oxygens (including phenoxy) is 1. The number of anilines is 1. The number of rotatable bonds is 4. The number of nitriles is 1. The number of para-hydroxylation sites is 1. The van der Waals surface area contributed by atoms with E-state index in [9.17, 15) is 14.9 Å². The Labute approximate surface area is 123 Å². The molecule has 0 fully saturated rings. The molecule has 1 aromatic heterocycles. The molecule has 1 aromatic carbocycles. The van der Waals surface area contributed by atoms with Crippen LogP contribution in [0.25, 0.3) is 0 Å². The monoisotopic (exact) mass is 303 g/mol. The topological polar surface area (TPSA) is 105 Å². The van der Waals surface area contributed by atoms with Gasteiger partial charge in [0.25, 0.3) is 5.91 Å². The van der Waals surface area contributed by atoms with Crippen molar-refractivity contribution in [2.24, 2.45) is 0 Å². The van der Waals surface area contributed by atoms with Gasteiger partial charge in [-0.05, 0) is 18.2 Å². The van der Waals surface area contributed by atoms with Gasteiger partial charge in [0.2, 0.25) is 0 Å². The number of nitro groups is 1. The van der Waals surface area contributed by atoms with Gasteiger partial charge in [-0.15, -0.1) is 0 Å². The molecule has 0 atom stereocenters. The van der Waals surface area contributed by atoms with Crippen molar-refractivity contribution < 1.29 is 14.5 Å². The maximum atomic E-state index is 12.1. The van der Waals surface area contributed by atoms with Crippen LogP contribution in [0.5, 0.6) is 5.75 Å². The summed E-state index contributed by atoms with van der Waals surface area (Å²) in [4.78, 5) is 22.3. The molecule has 7 nitrogen and oxygen atoms in total. The Morgan fingerprint density at radius 1 is 1.43 bits per heavy atom. The SMILES string of the molecule is COc1cccc(C#N)c1NC(=O)c1ccc([N+](=O)[O-])s1. The van der Waals surface area contributed by atoms with E-state index in [2.05, 4.69) is 5.32 Å². The smallest absolute Gasteiger partial charge is 0.324 e. The van der Waals surface area contributed by atoms with Gasteiger partial charge in [0, 0.05) is 6.07 Å². The molecule has 106 valence electrons. The number of hydrogen-bond acceptors (Lipinski definition) is 6. The summed E-state index contributed by atoms with van der Waals surface area (Å²) in [6, 6.07) is 9.34. The first-order valence-corrected chi connectivity index (χ1v) is 6.51. The zero-order valence-corrected chi connectivity index (χ0v) is 11.6. The Morgan fingerprint density at radius 2 is 2.19 bits per heavy atom. The number of carbonyl (C=O) groups is 1. The van der Waals surface area contributed by atoms with E-state index in [4.69, 9.17) is 10.00 Å². The molecule has 1 heterocycles. The maximum absolute atomic E-state index is 12.1. The lowest BCUT2D eigenvalue weighted by atomic mass is 10.1. The van der Waals surface area contributed by atoms with Crippen LogP contribution in [0.1, 0.15) is 15.2 Å². The zero-order valence-electron chi connectivity index (χ0n) is 10.8. The zero-order chi connectivity index (χ0) is 15.4. The van der Waals surface area contributed by atoms with Crippen LogP contribution in [0.2, 0.25) is 0 Å². The van der Waals surface area contributed by atoms with Crippen molar-refractivity contribution in [1.29, 1.82) is 5.26 Å². The van der Waals surface area contributed by atoms with Gasteiger partial charge in [0.05, 0.1) is 22.5 Å². The molecule has 0 spiro atoms. The first kappa shape index (κ1) is 14.5. The minimum Gasteiger partial charge on any atom is -0.495 e. The van der Waals surface area contributed by atoms with Crippen molar-refractivity contribution in [2.75, 3.05) is 12.4 Å². The van der Waals surface area contributed by atoms with Crippen molar-refractivity contribution in [3.8, 4) is 11.8 Å². The summed E-state index contributed by atoms with van der Waals surface area (Å²) in [6.45, 7) is 0. The van der Waals surface area contributed by atoms with E-state index in [0.29, 0.717) is 5.75 Å². The van der Waals surface area contributed by atoms with Crippen LogP contribution in [0.4, 0.5) is 10.7 Å². The number of carbonyl (C=O) groups excluding carboxylic acids is 1. The van der Waals surface area contributed by atoms with Crippen LogP contribution in [-0.4, -0.2) is 17.9 Å². The summed E-state index contributed by atoms with van der Waals surface area (Å²) >= 11 is 0.760. The number of benzene rings is 1. The molecule has 2 aromatic rings. The second kappa shape index (κ2) is 6.02. The summed E-state index contributed by atoms with van der Waals surface area (Å²) in [6.07, 6.45) is 0. The Kier molecular flexibility index (Phi) is 4.15. The molecular formula is C13H9N3O4S. The molecule has 0 radical (unpaired) electrons. The van der Waals surface area contributed by atoms with E-state index in [0.717, 1.165) is 11.3 Å². The Bertz CT molecular complexity index is 748. The summed E-state index contributed by atoms with van der Waals surface area (Å²) in [5.41, 5.74) is 0.484. The second-order valence-electron chi connectivity index (χ2n) is 3.84. The highest BCUT2D eigenvalue weighted by Crippen LogP contribution is 2.30. The minimum absolute atomic E-state index is 0.124. The first-order valence-electron chi connectivity index (χ1n) is 5.69. The highest BCUT2D eigenvalue weighted by molar-refractivity contribution is 7.17. The molecule has 0 aliphatic carbocycles. The average molecular weight is 303 g/mol. The summed E-state index contributed by atoms with van der Waals surface area (Å²) in [7, 11) is 1.42. The third-order valence-electron chi connectivity index (χ3n) is 2.60. The van der Waals surface area contributed by atoms with Crippen LogP contribution in [0.15, 0.2) is 30.3 Å². The largest absolute Gasteiger partial charge is 0.495 e. The average Bonchev–Trinajstić information content (AvgIpc) is 2.97. The third kappa shape index (κ3) is 2.98. The molecule has 0 bridgehead atoms. The number of thiophene rings is 1. The summed E-state index contributed by atoms with van der Waals surface area (Å²) < 4.78 is 5.10. The van der Waals surface area contributed by atoms with Crippen LogP contribution >= 0.6 is 11.3 Å². The lowest BCUT2D eigenvalue weighted by Gasteiger charge is -2.10. The maximum Gasteiger partial charge on any atom is 0.324 e. The van der Waals surface area contributed by atoms with Gasteiger partial charge < -0.3 is 10.1 Å². The Morgan fingerprint density at radius 3 is 2.76 bits per heavy atom. The Hall–Kier alpha value is -2.92. The lowest BCUT2D eigenvalue weighted by Crippen LogP contribution is -2.12. The van der Waals surface area contributed by atoms with Gasteiger partial charge in [-0.25, -0.2) is 0 Å². The summed E-state index contributed by atoms with van der Waals surface area (Å²) in [5, 5.41) is 22.1. The number of methoxy groups -OCH3 is 1. The van der Waals surface area contributed by atoms with Gasteiger partial charge in [-0.3, -0.25) is 14.9 Å². The number of nitrogens with zero attached hydrogens (tertiary/aromatic N) is 2. The standard InChI is InChI=1S/C13H9N3O4S/c1-20-9-4-2-3-8(7-14)12(9)15-13(17)10-5-6-11(21-10)16(18)19/h2-6H,1H3,(H,15,17). The number of amides is 1. The van der Waals surface area contributed by atoms with E-state index in [1.807, 2.05) is 6.07 Å². The third-order valence-corrected chi connectivity index (χ3v) is 3.64. The van der Waals surface area contributed by atoms with E-state index in [1.165, 1.54) is 25.3 Å². The van der Waals surface area contributed by atoms with Crippen molar-refractivity contribution >= 4 is 27.9 Å². The number of hydrogen-bond donors (Lipinski definition) is 1. The van der Waals surface area contributed by atoms with Gasteiger partial charge in [-0.2, -0.15) is 5.26 Å². The predicted octanol–water partition coefficient (Wildman–Crippen LogP) is 2.79. The molecule has 0 aliphatic rings. The van der Waals surface area contributed by atoms with Gasteiger partial charge >= 0.3 is 5.00 Å². The van der Waals surface area contributed by atoms with Gasteiger partial charge in [0.1, 0.15) is 17.5 Å².